The Morgan fingerprint density at radius 1 is 0.977 bits per heavy atom. The zero-order valence-corrected chi connectivity index (χ0v) is 27.5. The second kappa shape index (κ2) is 17.5. The number of hydrogen-bond donors (Lipinski definition) is 0. The summed E-state index contributed by atoms with van der Waals surface area (Å²) in [6, 6.07) is 22.4. The molecule has 0 saturated heterocycles. The van der Waals surface area contributed by atoms with Gasteiger partial charge in [-0.2, -0.15) is 5.26 Å². The Kier molecular flexibility index (Phi) is 14.1. The zero-order chi connectivity index (χ0) is 31.1. The SMILES string of the molecule is C=C[C@@H]1O[C@H](COCc2ccccc2)[C@@H](OCc2ccccc2)C/C=C\C[C@H]1O[C@H](/C=C/C#N)CO[Si](C)(C)C(C)(C)C. The molecule has 1 aliphatic heterocycles. The third kappa shape index (κ3) is 11.6. The fourth-order valence-corrected chi connectivity index (χ4v) is 5.47. The van der Waals surface area contributed by atoms with E-state index in [4.69, 9.17) is 23.4 Å². The van der Waals surface area contributed by atoms with Gasteiger partial charge in [-0.1, -0.05) is 99.7 Å². The number of rotatable bonds is 14. The summed E-state index contributed by atoms with van der Waals surface area (Å²) in [5.74, 6) is 0. The second-order valence-corrected chi connectivity index (χ2v) is 17.2. The molecule has 232 valence electrons. The molecule has 3 rings (SSSR count). The lowest BCUT2D eigenvalue weighted by Gasteiger charge is -2.38. The molecule has 0 saturated carbocycles. The van der Waals surface area contributed by atoms with Gasteiger partial charge in [0.2, 0.25) is 0 Å². The Hall–Kier alpha value is -2.83. The summed E-state index contributed by atoms with van der Waals surface area (Å²) < 4.78 is 32.4. The molecule has 7 heteroatoms. The maximum Gasteiger partial charge on any atom is 0.192 e. The lowest BCUT2D eigenvalue weighted by atomic mass is 10.1. The fourth-order valence-electron chi connectivity index (χ4n) is 4.45. The molecule has 0 spiro atoms. The molecule has 2 aromatic rings. The van der Waals surface area contributed by atoms with Crippen LogP contribution in [-0.4, -0.2) is 52.1 Å². The number of ether oxygens (including phenoxy) is 4. The van der Waals surface area contributed by atoms with Gasteiger partial charge < -0.3 is 23.4 Å². The summed E-state index contributed by atoms with van der Waals surface area (Å²) in [6.07, 6.45) is 8.82. The van der Waals surface area contributed by atoms with Gasteiger partial charge in [-0.05, 0) is 48.2 Å². The Balaban J connectivity index is 1.77. The molecule has 1 aliphatic rings. The molecular weight excluding hydrogens is 554 g/mol. The molecule has 0 amide bonds. The molecule has 0 N–H and O–H groups in total. The number of allylic oxidation sites excluding steroid dienone is 1. The maximum absolute atomic E-state index is 9.25. The van der Waals surface area contributed by atoms with Gasteiger partial charge in [0.25, 0.3) is 0 Å². The van der Waals surface area contributed by atoms with Crippen molar-refractivity contribution in [3.05, 3.63) is 109 Å². The first-order chi connectivity index (χ1) is 20.6. The zero-order valence-electron chi connectivity index (χ0n) is 26.5. The van der Waals surface area contributed by atoms with Gasteiger partial charge in [-0.3, -0.25) is 0 Å². The molecule has 0 bridgehead atoms. The molecule has 43 heavy (non-hydrogen) atoms. The van der Waals surface area contributed by atoms with Crippen LogP contribution in [0.4, 0.5) is 0 Å². The Bertz CT molecular complexity index is 1190. The van der Waals surface area contributed by atoms with Gasteiger partial charge in [0.1, 0.15) is 12.2 Å². The lowest BCUT2D eigenvalue weighted by Crippen LogP contribution is -2.45. The first-order valence-corrected chi connectivity index (χ1v) is 18.1. The molecule has 0 aromatic heterocycles. The Labute approximate surface area is 260 Å². The quantitative estimate of drug-likeness (QED) is 0.124. The molecular formula is C36H49NO5Si. The van der Waals surface area contributed by atoms with Crippen LogP contribution in [0.1, 0.15) is 44.7 Å². The van der Waals surface area contributed by atoms with E-state index in [1.54, 1.807) is 12.2 Å². The van der Waals surface area contributed by atoms with Crippen molar-refractivity contribution in [1.29, 1.82) is 5.26 Å². The average Bonchev–Trinajstić information content (AvgIpc) is 3.07. The van der Waals surface area contributed by atoms with Crippen molar-refractivity contribution in [2.45, 2.75) is 95.5 Å². The molecule has 5 atom stereocenters. The summed E-state index contributed by atoms with van der Waals surface area (Å²) in [7, 11) is -2.02. The van der Waals surface area contributed by atoms with Gasteiger partial charge in [-0.25, -0.2) is 0 Å². The van der Waals surface area contributed by atoms with Crippen molar-refractivity contribution in [2.24, 2.45) is 0 Å². The van der Waals surface area contributed by atoms with Gasteiger partial charge in [0.05, 0.1) is 50.8 Å². The predicted molar refractivity (Wildman–Crippen MR) is 175 cm³/mol. The summed E-state index contributed by atoms with van der Waals surface area (Å²) in [4.78, 5) is 0. The molecule has 2 aromatic carbocycles. The first-order valence-electron chi connectivity index (χ1n) is 15.2. The van der Waals surface area contributed by atoms with E-state index in [0.29, 0.717) is 39.3 Å². The van der Waals surface area contributed by atoms with Crippen molar-refractivity contribution in [1.82, 2.24) is 0 Å². The third-order valence-electron chi connectivity index (χ3n) is 8.10. The second-order valence-electron chi connectivity index (χ2n) is 12.4. The topological polar surface area (TPSA) is 69.9 Å². The largest absolute Gasteiger partial charge is 0.414 e. The molecule has 6 nitrogen and oxygen atoms in total. The van der Waals surface area contributed by atoms with Gasteiger partial charge in [0.15, 0.2) is 8.32 Å². The van der Waals surface area contributed by atoms with Crippen LogP contribution in [0.25, 0.3) is 0 Å². The average molecular weight is 604 g/mol. The van der Waals surface area contributed by atoms with E-state index in [9.17, 15) is 5.26 Å². The highest BCUT2D eigenvalue weighted by atomic mass is 28.4. The summed E-state index contributed by atoms with van der Waals surface area (Å²) in [6.45, 7) is 16.8. The van der Waals surface area contributed by atoms with E-state index in [0.717, 1.165) is 11.1 Å². The minimum Gasteiger partial charge on any atom is -0.414 e. The number of hydrogen-bond acceptors (Lipinski definition) is 6. The van der Waals surface area contributed by atoms with Crippen molar-refractivity contribution in [3.8, 4) is 6.07 Å². The summed E-state index contributed by atoms with van der Waals surface area (Å²) in [5.41, 5.74) is 2.20. The van der Waals surface area contributed by atoms with Gasteiger partial charge in [0, 0.05) is 6.08 Å². The standard InChI is InChI=1S/C36H49NO5Si/c1-7-32-34(41-31(21-16-24-37)27-40-43(5,6)36(2,3)4)23-15-14-22-33(39-26-30-19-12-9-13-20-30)35(42-32)28-38-25-29-17-10-8-11-18-29/h7-21,31-35H,1,22-23,25-28H2,2-6H3/b15-14-,21-16+/t31-,32+,33+,34-,35-/m1/s1. The predicted octanol–water partition coefficient (Wildman–Crippen LogP) is 7.93. The highest BCUT2D eigenvalue weighted by Gasteiger charge is 2.38. The lowest BCUT2D eigenvalue weighted by molar-refractivity contribution is -0.156. The highest BCUT2D eigenvalue weighted by Crippen LogP contribution is 2.36. The molecule has 0 unspecified atom stereocenters. The van der Waals surface area contributed by atoms with Crippen LogP contribution in [0, 0.1) is 11.3 Å². The van der Waals surface area contributed by atoms with E-state index in [2.05, 4.69) is 70.8 Å². The van der Waals surface area contributed by atoms with Gasteiger partial charge >= 0.3 is 0 Å². The number of benzene rings is 2. The number of nitrogens with zero attached hydrogens (tertiary/aromatic N) is 1. The third-order valence-corrected chi connectivity index (χ3v) is 12.6. The van der Waals surface area contributed by atoms with Crippen LogP contribution in [0.2, 0.25) is 18.1 Å². The Morgan fingerprint density at radius 3 is 2.16 bits per heavy atom. The smallest absolute Gasteiger partial charge is 0.192 e. The van der Waals surface area contributed by atoms with Crippen molar-refractivity contribution in [3.63, 3.8) is 0 Å². The summed E-state index contributed by atoms with van der Waals surface area (Å²) in [5, 5.41) is 9.31. The van der Waals surface area contributed by atoms with E-state index < -0.39 is 20.5 Å². The van der Waals surface area contributed by atoms with Gasteiger partial charge in [-0.15, -0.1) is 6.58 Å². The minimum absolute atomic E-state index is 0.0614. The highest BCUT2D eigenvalue weighted by molar-refractivity contribution is 6.74. The van der Waals surface area contributed by atoms with Crippen LogP contribution in [0.3, 0.4) is 0 Å². The van der Waals surface area contributed by atoms with Crippen LogP contribution in [0.15, 0.2) is 97.6 Å². The van der Waals surface area contributed by atoms with Crippen molar-refractivity contribution < 1.29 is 23.4 Å². The minimum atomic E-state index is -2.02. The van der Waals surface area contributed by atoms with Crippen LogP contribution >= 0.6 is 0 Å². The number of nitriles is 1. The van der Waals surface area contributed by atoms with Crippen molar-refractivity contribution >= 4 is 8.32 Å². The van der Waals surface area contributed by atoms with Crippen molar-refractivity contribution in [2.75, 3.05) is 13.2 Å². The molecule has 0 radical (unpaired) electrons. The molecule has 0 aliphatic carbocycles. The Morgan fingerprint density at radius 2 is 1.58 bits per heavy atom. The van der Waals surface area contributed by atoms with Crippen LogP contribution < -0.4 is 0 Å². The van der Waals surface area contributed by atoms with E-state index in [1.807, 2.05) is 48.5 Å². The normalized spacial score (nSPS) is 23.1. The monoisotopic (exact) mass is 603 g/mol. The van der Waals surface area contributed by atoms with Crippen LogP contribution in [0.5, 0.6) is 0 Å². The van der Waals surface area contributed by atoms with E-state index >= 15 is 0 Å². The van der Waals surface area contributed by atoms with E-state index in [1.165, 1.54) is 6.08 Å². The maximum atomic E-state index is 9.25. The summed E-state index contributed by atoms with van der Waals surface area (Å²) >= 11 is 0. The van der Waals surface area contributed by atoms with Crippen LogP contribution in [-0.2, 0) is 36.6 Å². The molecule has 0 fully saturated rings. The van der Waals surface area contributed by atoms with E-state index in [-0.39, 0.29) is 23.4 Å². The fraction of sp³-hybridized carbons (Fsp3) is 0.472. The molecule has 1 heterocycles. The first kappa shape index (κ1) is 34.7.